The van der Waals surface area contributed by atoms with Crippen molar-refractivity contribution < 1.29 is 9.18 Å². The summed E-state index contributed by atoms with van der Waals surface area (Å²) in [5, 5.41) is 0.720. The first kappa shape index (κ1) is 13.9. The topological polar surface area (TPSA) is 42.9 Å². The Morgan fingerprint density at radius 2 is 1.81 bits per heavy atom. The Balaban J connectivity index is 2.11. The van der Waals surface area contributed by atoms with Crippen LogP contribution in [0.25, 0.3) is 10.9 Å². The molecule has 0 saturated carbocycles. The zero-order chi connectivity index (χ0) is 15.0. The standard InChI is InChI=1S/C15H7Cl2FN2O/c16-10-7-8(5-6-11(10)18)13(21)15-19-12-4-2-1-3-9(12)14(17)20-15/h1-7H. The van der Waals surface area contributed by atoms with Crippen molar-refractivity contribution in [1.29, 1.82) is 0 Å². The Labute approximate surface area is 129 Å². The second-order valence-corrected chi connectivity index (χ2v) is 5.08. The Morgan fingerprint density at radius 3 is 2.57 bits per heavy atom. The van der Waals surface area contributed by atoms with Crippen molar-refractivity contribution in [2.75, 3.05) is 0 Å². The van der Waals surface area contributed by atoms with Crippen LogP contribution >= 0.6 is 23.2 Å². The van der Waals surface area contributed by atoms with Crippen molar-refractivity contribution in [2.45, 2.75) is 0 Å². The largest absolute Gasteiger partial charge is 0.285 e. The number of para-hydroxylation sites is 1. The monoisotopic (exact) mass is 320 g/mol. The predicted octanol–water partition coefficient (Wildman–Crippen LogP) is 4.31. The van der Waals surface area contributed by atoms with E-state index in [2.05, 4.69) is 9.97 Å². The maximum atomic E-state index is 13.1. The summed E-state index contributed by atoms with van der Waals surface area (Å²) in [6, 6.07) is 10.8. The molecule has 1 heterocycles. The van der Waals surface area contributed by atoms with Gasteiger partial charge in [-0.2, -0.15) is 0 Å². The molecule has 21 heavy (non-hydrogen) atoms. The molecule has 0 saturated heterocycles. The molecule has 104 valence electrons. The molecule has 3 nitrogen and oxygen atoms in total. The van der Waals surface area contributed by atoms with Crippen LogP contribution in [0.2, 0.25) is 10.2 Å². The molecular formula is C15H7Cl2FN2O. The second kappa shape index (κ2) is 5.39. The summed E-state index contributed by atoms with van der Waals surface area (Å²) in [6.07, 6.45) is 0. The van der Waals surface area contributed by atoms with Crippen LogP contribution in [0.15, 0.2) is 42.5 Å². The molecular weight excluding hydrogens is 314 g/mol. The van der Waals surface area contributed by atoms with Crippen LogP contribution in [0.3, 0.4) is 0 Å². The van der Waals surface area contributed by atoms with Crippen molar-refractivity contribution in [3.63, 3.8) is 0 Å². The number of fused-ring (bicyclic) bond motifs is 1. The molecule has 0 fully saturated rings. The zero-order valence-corrected chi connectivity index (χ0v) is 12.0. The Bertz CT molecular complexity index is 867. The molecule has 0 aliphatic carbocycles. The van der Waals surface area contributed by atoms with Gasteiger partial charge in [-0.05, 0) is 30.3 Å². The molecule has 0 amide bonds. The van der Waals surface area contributed by atoms with Gasteiger partial charge in [-0.3, -0.25) is 4.79 Å². The minimum atomic E-state index is -0.592. The highest BCUT2D eigenvalue weighted by atomic mass is 35.5. The van der Waals surface area contributed by atoms with Gasteiger partial charge in [0.05, 0.1) is 10.5 Å². The van der Waals surface area contributed by atoms with Crippen LogP contribution in [-0.4, -0.2) is 15.8 Å². The van der Waals surface area contributed by atoms with Gasteiger partial charge in [-0.15, -0.1) is 0 Å². The van der Waals surface area contributed by atoms with E-state index in [9.17, 15) is 9.18 Å². The molecule has 0 radical (unpaired) electrons. The first-order valence-corrected chi connectivity index (χ1v) is 6.74. The first-order valence-electron chi connectivity index (χ1n) is 5.98. The molecule has 3 aromatic rings. The number of nitrogens with zero attached hydrogens (tertiary/aromatic N) is 2. The van der Waals surface area contributed by atoms with E-state index in [0.717, 1.165) is 6.07 Å². The summed E-state index contributed by atoms with van der Waals surface area (Å²) in [5.74, 6) is -1.11. The van der Waals surface area contributed by atoms with Gasteiger partial charge in [0.1, 0.15) is 11.0 Å². The van der Waals surface area contributed by atoms with Crippen LogP contribution in [0, 0.1) is 5.82 Å². The molecule has 6 heteroatoms. The summed E-state index contributed by atoms with van der Waals surface area (Å²) < 4.78 is 13.1. The normalized spacial score (nSPS) is 10.8. The SMILES string of the molecule is O=C(c1ccc(F)c(Cl)c1)c1nc(Cl)c2ccccc2n1. The number of halogens is 3. The quantitative estimate of drug-likeness (QED) is 0.522. The summed E-state index contributed by atoms with van der Waals surface area (Å²) in [4.78, 5) is 20.5. The lowest BCUT2D eigenvalue weighted by atomic mass is 10.1. The van der Waals surface area contributed by atoms with Crippen LogP contribution in [0.5, 0.6) is 0 Å². The number of benzene rings is 2. The number of hydrogen-bond acceptors (Lipinski definition) is 3. The fourth-order valence-corrected chi connectivity index (χ4v) is 2.33. The van der Waals surface area contributed by atoms with E-state index >= 15 is 0 Å². The van der Waals surface area contributed by atoms with Gasteiger partial charge in [0.2, 0.25) is 11.6 Å². The third-order valence-corrected chi connectivity index (χ3v) is 3.52. The summed E-state index contributed by atoms with van der Waals surface area (Å²) >= 11 is 11.7. The maximum absolute atomic E-state index is 13.1. The van der Waals surface area contributed by atoms with E-state index in [1.54, 1.807) is 24.3 Å². The van der Waals surface area contributed by atoms with Crippen molar-refractivity contribution in [3.05, 3.63) is 69.8 Å². The van der Waals surface area contributed by atoms with Gasteiger partial charge in [0.15, 0.2) is 0 Å². The number of aromatic nitrogens is 2. The third-order valence-electron chi connectivity index (χ3n) is 2.94. The lowest BCUT2D eigenvalue weighted by Gasteiger charge is -2.04. The molecule has 0 N–H and O–H groups in total. The van der Waals surface area contributed by atoms with E-state index < -0.39 is 11.6 Å². The minimum absolute atomic E-state index is 0.0543. The van der Waals surface area contributed by atoms with Crippen molar-refractivity contribution in [1.82, 2.24) is 9.97 Å². The Morgan fingerprint density at radius 1 is 1.05 bits per heavy atom. The van der Waals surface area contributed by atoms with E-state index in [1.807, 2.05) is 0 Å². The first-order chi connectivity index (χ1) is 10.1. The molecule has 0 unspecified atom stereocenters. The maximum Gasteiger partial charge on any atom is 0.230 e. The van der Waals surface area contributed by atoms with E-state index in [4.69, 9.17) is 23.2 Å². The third kappa shape index (κ3) is 2.60. The fraction of sp³-hybridized carbons (Fsp3) is 0. The molecule has 0 atom stereocenters. The number of carbonyl (C=O) groups excluding carboxylic acids is 1. The summed E-state index contributed by atoms with van der Waals surface area (Å²) in [7, 11) is 0. The molecule has 0 aliphatic rings. The van der Waals surface area contributed by atoms with Crippen LogP contribution in [0.1, 0.15) is 16.2 Å². The van der Waals surface area contributed by atoms with Gasteiger partial charge < -0.3 is 0 Å². The van der Waals surface area contributed by atoms with Gasteiger partial charge in [0, 0.05) is 10.9 Å². The molecule has 0 spiro atoms. The number of rotatable bonds is 2. The smallest absolute Gasteiger partial charge is 0.230 e. The van der Waals surface area contributed by atoms with E-state index in [-0.39, 0.29) is 21.6 Å². The number of ketones is 1. The Hall–Kier alpha value is -2.04. The number of carbonyl (C=O) groups is 1. The lowest BCUT2D eigenvalue weighted by molar-refractivity contribution is 0.102. The minimum Gasteiger partial charge on any atom is -0.285 e. The van der Waals surface area contributed by atoms with Crippen molar-refractivity contribution in [3.8, 4) is 0 Å². The molecule has 0 aliphatic heterocycles. The van der Waals surface area contributed by atoms with Gasteiger partial charge in [0.25, 0.3) is 0 Å². The van der Waals surface area contributed by atoms with Crippen LogP contribution < -0.4 is 0 Å². The molecule has 2 aromatic carbocycles. The summed E-state index contributed by atoms with van der Waals surface area (Å²) in [5.41, 5.74) is 0.766. The van der Waals surface area contributed by atoms with Gasteiger partial charge in [-0.1, -0.05) is 35.3 Å². The molecule has 0 bridgehead atoms. The number of hydrogen-bond donors (Lipinski definition) is 0. The highest BCUT2D eigenvalue weighted by Gasteiger charge is 2.16. The van der Waals surface area contributed by atoms with Gasteiger partial charge in [-0.25, -0.2) is 14.4 Å². The van der Waals surface area contributed by atoms with Gasteiger partial charge >= 0.3 is 0 Å². The fourth-order valence-electron chi connectivity index (χ4n) is 1.91. The second-order valence-electron chi connectivity index (χ2n) is 4.31. The summed E-state index contributed by atoms with van der Waals surface area (Å²) in [6.45, 7) is 0. The highest BCUT2D eigenvalue weighted by molar-refractivity contribution is 6.34. The molecule has 3 rings (SSSR count). The Kier molecular flexibility index (Phi) is 3.57. The predicted molar refractivity (Wildman–Crippen MR) is 79.4 cm³/mol. The lowest BCUT2D eigenvalue weighted by Crippen LogP contribution is -2.08. The average Bonchev–Trinajstić information content (AvgIpc) is 2.49. The van der Waals surface area contributed by atoms with E-state index in [0.29, 0.717) is 10.9 Å². The zero-order valence-electron chi connectivity index (χ0n) is 10.5. The molecule has 1 aromatic heterocycles. The van der Waals surface area contributed by atoms with Crippen molar-refractivity contribution in [2.24, 2.45) is 0 Å². The van der Waals surface area contributed by atoms with Crippen LogP contribution in [-0.2, 0) is 0 Å². The van der Waals surface area contributed by atoms with Crippen LogP contribution in [0.4, 0.5) is 4.39 Å². The van der Waals surface area contributed by atoms with Crippen molar-refractivity contribution >= 4 is 39.9 Å². The average molecular weight is 321 g/mol. The highest BCUT2D eigenvalue weighted by Crippen LogP contribution is 2.22. The van der Waals surface area contributed by atoms with E-state index in [1.165, 1.54) is 12.1 Å².